The molecule has 0 fully saturated rings. The van der Waals surface area contributed by atoms with E-state index >= 15 is 0 Å². The minimum Gasteiger partial charge on any atom is -0.481 e. The summed E-state index contributed by atoms with van der Waals surface area (Å²) in [6, 6.07) is 0. The lowest BCUT2D eigenvalue weighted by Gasteiger charge is -2.34. The number of unbranched alkanes of at least 4 members (excludes halogenated alkanes) is 26. The molecular formula is C37H72O7S. The van der Waals surface area contributed by atoms with Gasteiger partial charge < -0.3 is 10.2 Å². The maximum absolute atomic E-state index is 12.6. The summed E-state index contributed by atoms with van der Waals surface area (Å²) in [7, 11) is -5.02. The summed E-state index contributed by atoms with van der Waals surface area (Å²) >= 11 is 0. The van der Waals surface area contributed by atoms with Gasteiger partial charge in [-0.15, -0.1) is 0 Å². The van der Waals surface area contributed by atoms with Gasteiger partial charge in [0.25, 0.3) is 10.1 Å². The van der Waals surface area contributed by atoms with Crippen LogP contribution in [-0.2, 0) is 19.7 Å². The average molecular weight is 661 g/mol. The Labute approximate surface area is 277 Å². The first-order chi connectivity index (χ1) is 21.6. The number of carbonyl (C=O) groups is 2. The van der Waals surface area contributed by atoms with Crippen molar-refractivity contribution in [3.8, 4) is 0 Å². The summed E-state index contributed by atoms with van der Waals surface area (Å²) in [5.74, 6) is -4.03. The zero-order chi connectivity index (χ0) is 33.7. The second-order valence-corrected chi connectivity index (χ2v) is 15.4. The SMILES string of the molecule is CCCCCCCCCCCCCCCCC(CC(=O)O)C(CCCCCCCCCCCCCCCC)(C(=O)O)S(=O)(=O)O. The van der Waals surface area contributed by atoms with E-state index in [0.717, 1.165) is 44.9 Å². The van der Waals surface area contributed by atoms with Crippen molar-refractivity contribution in [1.29, 1.82) is 0 Å². The van der Waals surface area contributed by atoms with E-state index in [0.29, 0.717) is 19.3 Å². The van der Waals surface area contributed by atoms with Crippen molar-refractivity contribution in [2.75, 3.05) is 0 Å². The largest absolute Gasteiger partial charge is 0.481 e. The number of rotatable bonds is 35. The summed E-state index contributed by atoms with van der Waals surface area (Å²) in [5, 5.41) is 19.7. The van der Waals surface area contributed by atoms with Gasteiger partial charge in [0.1, 0.15) is 0 Å². The van der Waals surface area contributed by atoms with Crippen LogP contribution in [0.25, 0.3) is 0 Å². The second kappa shape index (κ2) is 29.0. The van der Waals surface area contributed by atoms with Crippen molar-refractivity contribution in [1.82, 2.24) is 0 Å². The zero-order valence-electron chi connectivity index (χ0n) is 29.4. The molecule has 0 aliphatic carbocycles. The highest BCUT2D eigenvalue weighted by Gasteiger charge is 2.56. The molecule has 2 atom stereocenters. The number of carboxylic acids is 2. The first-order valence-corrected chi connectivity index (χ1v) is 20.5. The van der Waals surface area contributed by atoms with E-state index < -0.39 is 39.1 Å². The van der Waals surface area contributed by atoms with Gasteiger partial charge in [0.05, 0.1) is 6.42 Å². The molecule has 0 amide bonds. The van der Waals surface area contributed by atoms with E-state index in [1.54, 1.807) is 0 Å². The smallest absolute Gasteiger partial charge is 0.327 e. The molecule has 7 nitrogen and oxygen atoms in total. The lowest BCUT2D eigenvalue weighted by Crippen LogP contribution is -2.53. The third kappa shape index (κ3) is 22.1. The Balaban J connectivity index is 4.52. The summed E-state index contributed by atoms with van der Waals surface area (Å²) in [6.07, 6.45) is 31.1. The molecule has 0 aromatic heterocycles. The minimum absolute atomic E-state index is 0.162. The fourth-order valence-electron chi connectivity index (χ4n) is 6.81. The molecule has 0 aliphatic rings. The van der Waals surface area contributed by atoms with E-state index in [1.807, 2.05) is 0 Å². The maximum Gasteiger partial charge on any atom is 0.327 e. The third-order valence-corrected chi connectivity index (χ3v) is 11.3. The Morgan fingerprint density at radius 3 is 1.07 bits per heavy atom. The van der Waals surface area contributed by atoms with Gasteiger partial charge in [0.2, 0.25) is 0 Å². The van der Waals surface area contributed by atoms with E-state index in [1.165, 1.54) is 116 Å². The van der Waals surface area contributed by atoms with Crippen LogP contribution in [0.3, 0.4) is 0 Å². The molecule has 0 spiro atoms. The molecule has 268 valence electrons. The Morgan fingerprint density at radius 2 is 0.800 bits per heavy atom. The highest BCUT2D eigenvalue weighted by molar-refractivity contribution is 7.88. The van der Waals surface area contributed by atoms with E-state index in [4.69, 9.17) is 0 Å². The van der Waals surface area contributed by atoms with Crippen LogP contribution in [0, 0.1) is 5.92 Å². The molecule has 45 heavy (non-hydrogen) atoms. The minimum atomic E-state index is -5.02. The van der Waals surface area contributed by atoms with Crippen molar-refractivity contribution in [2.45, 2.75) is 218 Å². The van der Waals surface area contributed by atoms with Crippen LogP contribution in [0.15, 0.2) is 0 Å². The molecule has 2 unspecified atom stereocenters. The Bertz CT molecular complexity index is 814. The molecule has 8 heteroatoms. The van der Waals surface area contributed by atoms with Gasteiger partial charge in [0.15, 0.2) is 4.75 Å². The topological polar surface area (TPSA) is 129 Å². The molecule has 0 aliphatic heterocycles. The molecule has 0 aromatic carbocycles. The zero-order valence-corrected chi connectivity index (χ0v) is 30.2. The van der Waals surface area contributed by atoms with Gasteiger partial charge in [-0.05, 0) is 12.8 Å². The van der Waals surface area contributed by atoms with E-state index in [9.17, 15) is 32.8 Å². The van der Waals surface area contributed by atoms with Gasteiger partial charge in [0, 0.05) is 5.92 Å². The van der Waals surface area contributed by atoms with Crippen LogP contribution in [0.1, 0.15) is 213 Å². The van der Waals surface area contributed by atoms with Crippen molar-refractivity contribution in [3.05, 3.63) is 0 Å². The first kappa shape index (κ1) is 43.9. The number of carboxylic acid groups (broad SMARTS) is 2. The maximum atomic E-state index is 12.6. The molecule has 0 heterocycles. The lowest BCUT2D eigenvalue weighted by atomic mass is 9.80. The average Bonchev–Trinajstić information content (AvgIpc) is 2.98. The fourth-order valence-corrected chi connectivity index (χ4v) is 8.06. The fraction of sp³-hybridized carbons (Fsp3) is 0.946. The van der Waals surface area contributed by atoms with E-state index in [-0.39, 0.29) is 12.8 Å². The quantitative estimate of drug-likeness (QED) is 0.0455. The van der Waals surface area contributed by atoms with Crippen molar-refractivity contribution in [3.63, 3.8) is 0 Å². The van der Waals surface area contributed by atoms with Gasteiger partial charge >= 0.3 is 11.9 Å². The Hall–Kier alpha value is -1.15. The Morgan fingerprint density at radius 1 is 0.511 bits per heavy atom. The number of hydrogen-bond acceptors (Lipinski definition) is 4. The summed E-state index contributed by atoms with van der Waals surface area (Å²) in [6.45, 7) is 4.47. The summed E-state index contributed by atoms with van der Waals surface area (Å²) in [5.41, 5.74) is 0. The van der Waals surface area contributed by atoms with Crippen molar-refractivity contribution >= 4 is 22.1 Å². The summed E-state index contributed by atoms with van der Waals surface area (Å²) in [4.78, 5) is 24.2. The predicted molar refractivity (Wildman–Crippen MR) is 188 cm³/mol. The predicted octanol–water partition coefficient (Wildman–Crippen LogP) is 11.5. The van der Waals surface area contributed by atoms with Crippen LogP contribution in [0.4, 0.5) is 0 Å². The van der Waals surface area contributed by atoms with Gasteiger partial charge in [-0.2, -0.15) is 8.42 Å². The molecule has 0 bridgehead atoms. The van der Waals surface area contributed by atoms with Crippen molar-refractivity contribution < 1.29 is 32.8 Å². The normalized spacial score (nSPS) is 13.9. The molecule has 0 aromatic rings. The van der Waals surface area contributed by atoms with Gasteiger partial charge in [-0.3, -0.25) is 14.1 Å². The second-order valence-electron chi connectivity index (χ2n) is 13.7. The standard InChI is InChI=1S/C37H72O7S/c1-3-5-7-9-11-13-15-17-19-21-23-25-27-29-31-34(33-35(38)39)37(36(40)41,45(42,43)44)32-30-28-26-24-22-20-18-16-14-12-10-8-6-4-2/h34H,3-33H2,1-2H3,(H,38,39)(H,40,41)(H,42,43,44). The molecule has 0 saturated carbocycles. The van der Waals surface area contributed by atoms with Crippen LogP contribution >= 0.6 is 0 Å². The molecule has 3 N–H and O–H groups in total. The summed E-state index contributed by atoms with van der Waals surface area (Å²) < 4.78 is 33.0. The Kier molecular flexibility index (Phi) is 28.3. The van der Waals surface area contributed by atoms with Crippen LogP contribution < -0.4 is 0 Å². The molecule has 0 rings (SSSR count). The molecule has 0 radical (unpaired) electrons. The van der Waals surface area contributed by atoms with E-state index in [2.05, 4.69) is 13.8 Å². The highest BCUT2D eigenvalue weighted by atomic mass is 32.2. The third-order valence-electron chi connectivity index (χ3n) is 9.71. The number of aliphatic carboxylic acids is 2. The van der Waals surface area contributed by atoms with Gasteiger partial charge in [-0.1, -0.05) is 194 Å². The van der Waals surface area contributed by atoms with Gasteiger partial charge in [-0.25, -0.2) is 0 Å². The van der Waals surface area contributed by atoms with Crippen molar-refractivity contribution in [2.24, 2.45) is 5.92 Å². The number of hydrogen-bond donors (Lipinski definition) is 3. The van der Waals surface area contributed by atoms with Crippen LogP contribution in [-0.4, -0.2) is 39.9 Å². The molecule has 0 saturated heterocycles. The lowest BCUT2D eigenvalue weighted by molar-refractivity contribution is -0.144. The van der Waals surface area contributed by atoms with Crippen LogP contribution in [0.5, 0.6) is 0 Å². The van der Waals surface area contributed by atoms with Crippen LogP contribution in [0.2, 0.25) is 0 Å². The monoisotopic (exact) mass is 660 g/mol. The highest BCUT2D eigenvalue weighted by Crippen LogP contribution is 2.38. The first-order valence-electron chi connectivity index (χ1n) is 19.1. The molecular weight excluding hydrogens is 588 g/mol.